The molecule has 0 bridgehead atoms. The maximum absolute atomic E-state index is 12.6. The standard InChI is InChI=1S/C20H17N3O2S/c1-3-13-9-10-16-15(11-13)12(2)17(25-16)19(24)22-20-21-18(23-26-20)14-7-5-4-6-8-14/h4-11H,3H2,1-2H3,(H,21,22,23,24). The van der Waals surface area contributed by atoms with Crippen molar-refractivity contribution in [3.8, 4) is 11.4 Å². The van der Waals surface area contributed by atoms with Crippen LogP contribution >= 0.6 is 11.5 Å². The third-order valence-corrected chi connectivity index (χ3v) is 4.92. The zero-order chi connectivity index (χ0) is 18.1. The molecule has 1 N–H and O–H groups in total. The highest BCUT2D eigenvalue weighted by Gasteiger charge is 2.19. The van der Waals surface area contributed by atoms with Crippen molar-refractivity contribution in [2.45, 2.75) is 20.3 Å². The molecular formula is C20H17N3O2S. The van der Waals surface area contributed by atoms with E-state index in [1.54, 1.807) is 0 Å². The van der Waals surface area contributed by atoms with Gasteiger partial charge in [0.2, 0.25) is 5.13 Å². The Morgan fingerprint density at radius 1 is 1.19 bits per heavy atom. The molecule has 2 aromatic carbocycles. The Morgan fingerprint density at radius 3 is 2.77 bits per heavy atom. The molecule has 1 amide bonds. The zero-order valence-electron chi connectivity index (χ0n) is 14.4. The van der Waals surface area contributed by atoms with Gasteiger partial charge in [-0.2, -0.15) is 9.36 Å². The van der Waals surface area contributed by atoms with Crippen molar-refractivity contribution in [2.24, 2.45) is 0 Å². The highest BCUT2D eigenvalue weighted by molar-refractivity contribution is 7.10. The molecule has 0 saturated carbocycles. The lowest BCUT2D eigenvalue weighted by Gasteiger charge is -1.98. The molecular weight excluding hydrogens is 346 g/mol. The molecule has 0 unspecified atom stereocenters. The lowest BCUT2D eigenvalue weighted by molar-refractivity contribution is 0.0998. The molecule has 130 valence electrons. The van der Waals surface area contributed by atoms with Crippen LogP contribution in [0.1, 0.15) is 28.6 Å². The molecule has 6 heteroatoms. The van der Waals surface area contributed by atoms with Crippen LogP contribution in [0.5, 0.6) is 0 Å². The summed E-state index contributed by atoms with van der Waals surface area (Å²) < 4.78 is 10.1. The number of anilines is 1. The van der Waals surface area contributed by atoms with E-state index in [9.17, 15) is 4.79 Å². The Balaban J connectivity index is 1.60. The van der Waals surface area contributed by atoms with E-state index in [0.29, 0.717) is 22.3 Å². The van der Waals surface area contributed by atoms with Gasteiger partial charge in [0.1, 0.15) is 5.58 Å². The second-order valence-electron chi connectivity index (χ2n) is 5.98. The molecule has 0 aliphatic rings. The van der Waals surface area contributed by atoms with Gasteiger partial charge in [0.25, 0.3) is 5.91 Å². The van der Waals surface area contributed by atoms with Crippen LogP contribution in [0.15, 0.2) is 52.9 Å². The fourth-order valence-electron chi connectivity index (χ4n) is 2.84. The van der Waals surface area contributed by atoms with Crippen LogP contribution in [0, 0.1) is 6.92 Å². The van der Waals surface area contributed by atoms with Gasteiger partial charge < -0.3 is 4.42 Å². The normalized spacial score (nSPS) is 11.0. The average Bonchev–Trinajstić information content (AvgIpc) is 3.27. The summed E-state index contributed by atoms with van der Waals surface area (Å²) in [5, 5.41) is 4.21. The van der Waals surface area contributed by atoms with E-state index in [4.69, 9.17) is 4.42 Å². The van der Waals surface area contributed by atoms with Crippen LogP contribution in [-0.4, -0.2) is 15.3 Å². The van der Waals surface area contributed by atoms with Crippen molar-refractivity contribution in [3.05, 3.63) is 65.4 Å². The number of nitrogens with one attached hydrogen (secondary N) is 1. The van der Waals surface area contributed by atoms with Crippen LogP contribution in [0.2, 0.25) is 0 Å². The van der Waals surface area contributed by atoms with Crippen LogP contribution < -0.4 is 5.32 Å². The van der Waals surface area contributed by atoms with Gasteiger partial charge in [-0.1, -0.05) is 43.3 Å². The van der Waals surface area contributed by atoms with Crippen LogP contribution in [-0.2, 0) is 6.42 Å². The molecule has 0 fully saturated rings. The second-order valence-corrected chi connectivity index (χ2v) is 6.74. The Labute approximate surface area is 154 Å². The minimum Gasteiger partial charge on any atom is -0.451 e. The molecule has 2 heterocycles. The van der Waals surface area contributed by atoms with Crippen molar-refractivity contribution >= 4 is 33.5 Å². The average molecular weight is 363 g/mol. The van der Waals surface area contributed by atoms with Gasteiger partial charge in [-0.3, -0.25) is 10.1 Å². The lowest BCUT2D eigenvalue weighted by Crippen LogP contribution is -2.11. The molecule has 4 aromatic rings. The van der Waals surface area contributed by atoms with Crippen molar-refractivity contribution < 1.29 is 9.21 Å². The number of aryl methyl sites for hydroxylation is 2. The van der Waals surface area contributed by atoms with Gasteiger partial charge >= 0.3 is 0 Å². The van der Waals surface area contributed by atoms with Crippen LogP contribution in [0.4, 0.5) is 5.13 Å². The first kappa shape index (κ1) is 16.5. The number of nitrogens with zero attached hydrogens (tertiary/aromatic N) is 2. The zero-order valence-corrected chi connectivity index (χ0v) is 15.3. The number of furan rings is 1. The first-order valence-corrected chi connectivity index (χ1v) is 9.15. The van der Waals surface area contributed by atoms with Gasteiger partial charge in [-0.25, -0.2) is 0 Å². The number of hydrogen-bond donors (Lipinski definition) is 1. The summed E-state index contributed by atoms with van der Waals surface area (Å²) in [5.41, 5.74) is 3.67. The predicted molar refractivity (Wildman–Crippen MR) is 104 cm³/mol. The molecule has 0 radical (unpaired) electrons. The van der Waals surface area contributed by atoms with E-state index in [0.717, 1.165) is 34.5 Å². The van der Waals surface area contributed by atoms with E-state index < -0.39 is 0 Å². The highest BCUT2D eigenvalue weighted by Crippen LogP contribution is 2.28. The summed E-state index contributed by atoms with van der Waals surface area (Å²) in [7, 11) is 0. The maximum atomic E-state index is 12.6. The van der Waals surface area contributed by atoms with E-state index >= 15 is 0 Å². The van der Waals surface area contributed by atoms with Gasteiger partial charge in [0.05, 0.1) is 0 Å². The third-order valence-electron chi connectivity index (χ3n) is 4.29. The maximum Gasteiger partial charge on any atom is 0.293 e. The largest absolute Gasteiger partial charge is 0.451 e. The van der Waals surface area contributed by atoms with Gasteiger partial charge in [-0.15, -0.1) is 0 Å². The molecule has 4 rings (SSSR count). The molecule has 0 spiro atoms. The summed E-state index contributed by atoms with van der Waals surface area (Å²) in [6, 6.07) is 15.7. The minimum atomic E-state index is -0.312. The predicted octanol–water partition coefficient (Wildman–Crippen LogP) is 5.07. The number of carbonyl (C=O) groups is 1. The molecule has 0 aliphatic heterocycles. The molecule has 26 heavy (non-hydrogen) atoms. The van der Waals surface area contributed by atoms with Crippen LogP contribution in [0.3, 0.4) is 0 Å². The monoisotopic (exact) mass is 363 g/mol. The lowest BCUT2D eigenvalue weighted by atomic mass is 10.1. The van der Waals surface area contributed by atoms with E-state index in [1.807, 2.05) is 49.4 Å². The number of hydrogen-bond acceptors (Lipinski definition) is 5. The number of aromatic nitrogens is 2. The molecule has 2 aromatic heterocycles. The fourth-order valence-corrected chi connectivity index (χ4v) is 3.42. The summed E-state index contributed by atoms with van der Waals surface area (Å²) in [5.74, 6) is 0.594. The van der Waals surface area contributed by atoms with Crippen molar-refractivity contribution in [2.75, 3.05) is 5.32 Å². The number of amides is 1. The quantitative estimate of drug-likeness (QED) is 0.549. The number of rotatable bonds is 4. The summed E-state index contributed by atoms with van der Waals surface area (Å²) >= 11 is 1.15. The number of benzene rings is 2. The van der Waals surface area contributed by atoms with Gasteiger partial charge in [0, 0.05) is 28.0 Å². The summed E-state index contributed by atoms with van der Waals surface area (Å²) in [6.07, 6.45) is 0.940. The molecule has 0 aliphatic carbocycles. The minimum absolute atomic E-state index is 0.310. The number of fused-ring (bicyclic) bond motifs is 1. The van der Waals surface area contributed by atoms with E-state index in [-0.39, 0.29) is 5.91 Å². The van der Waals surface area contributed by atoms with Crippen molar-refractivity contribution in [1.29, 1.82) is 0 Å². The topological polar surface area (TPSA) is 68.0 Å². The molecule has 0 atom stereocenters. The first-order chi connectivity index (χ1) is 12.7. The Hall–Kier alpha value is -2.99. The van der Waals surface area contributed by atoms with Crippen LogP contribution in [0.25, 0.3) is 22.4 Å². The van der Waals surface area contributed by atoms with E-state index in [2.05, 4.69) is 27.7 Å². The Morgan fingerprint density at radius 2 is 2.00 bits per heavy atom. The van der Waals surface area contributed by atoms with Gasteiger partial charge in [-0.05, 0) is 31.0 Å². The second kappa shape index (κ2) is 6.72. The smallest absolute Gasteiger partial charge is 0.293 e. The number of carbonyl (C=O) groups excluding carboxylic acids is 1. The molecule has 0 saturated heterocycles. The summed E-state index contributed by atoms with van der Waals surface area (Å²) in [6.45, 7) is 4.00. The van der Waals surface area contributed by atoms with Crippen molar-refractivity contribution in [3.63, 3.8) is 0 Å². The van der Waals surface area contributed by atoms with Gasteiger partial charge in [0.15, 0.2) is 11.6 Å². The SMILES string of the molecule is CCc1ccc2oc(C(=O)Nc3nc(-c4ccccc4)ns3)c(C)c2c1. The van der Waals surface area contributed by atoms with Crippen molar-refractivity contribution in [1.82, 2.24) is 9.36 Å². The highest BCUT2D eigenvalue weighted by atomic mass is 32.1. The Bertz CT molecular complexity index is 1080. The summed E-state index contributed by atoms with van der Waals surface area (Å²) in [4.78, 5) is 17.0. The first-order valence-electron chi connectivity index (χ1n) is 8.38. The fraction of sp³-hybridized carbons (Fsp3) is 0.150. The third kappa shape index (κ3) is 2.99. The van der Waals surface area contributed by atoms with E-state index in [1.165, 1.54) is 5.56 Å². The Kier molecular flexibility index (Phi) is 4.26. The molecule has 5 nitrogen and oxygen atoms in total.